The number of hydrogen-bond acceptors (Lipinski definition) is 4. The highest BCUT2D eigenvalue weighted by Crippen LogP contribution is 2.39. The largest absolute Gasteiger partial charge is 0.382 e. The Morgan fingerprint density at radius 1 is 1.18 bits per heavy atom. The highest BCUT2D eigenvalue weighted by Gasteiger charge is 2.17. The normalized spacial score (nSPS) is 13.4. The number of hydrogen-bond donors (Lipinski definition) is 1. The number of thiophene rings is 3. The summed E-state index contributed by atoms with van der Waals surface area (Å²) >= 11 is 8.50. The quantitative estimate of drug-likeness (QED) is 0.679. The number of rotatable bonds is 2. The van der Waals surface area contributed by atoms with Crippen LogP contribution >= 0.6 is 49.9 Å². The molecule has 3 heterocycles. The third-order valence-electron chi connectivity index (χ3n) is 2.57. The molecule has 1 nitrogen and oxygen atoms in total. The summed E-state index contributed by atoms with van der Waals surface area (Å²) in [5, 5.41) is 12.4. The van der Waals surface area contributed by atoms with Crippen LogP contribution < -0.4 is 0 Å². The van der Waals surface area contributed by atoms with Crippen molar-refractivity contribution < 1.29 is 5.11 Å². The van der Waals surface area contributed by atoms with Crippen molar-refractivity contribution >= 4 is 59.3 Å². The number of halogens is 1. The van der Waals surface area contributed by atoms with E-state index in [9.17, 15) is 5.11 Å². The van der Waals surface area contributed by atoms with Crippen LogP contribution in [0.1, 0.15) is 21.4 Å². The number of aryl methyl sites for hydroxylation is 1. The first-order chi connectivity index (χ1) is 8.15. The number of aliphatic hydroxyl groups excluding tert-OH is 1. The third kappa shape index (κ3) is 2.11. The molecule has 0 aliphatic rings. The van der Waals surface area contributed by atoms with Gasteiger partial charge >= 0.3 is 0 Å². The van der Waals surface area contributed by atoms with E-state index < -0.39 is 6.10 Å². The summed E-state index contributed by atoms with van der Waals surface area (Å²) in [5.74, 6) is 0. The lowest BCUT2D eigenvalue weighted by molar-refractivity contribution is 0.228. The third-order valence-corrected chi connectivity index (χ3v) is 6.91. The predicted molar refractivity (Wildman–Crippen MR) is 80.5 cm³/mol. The summed E-state index contributed by atoms with van der Waals surface area (Å²) in [5.41, 5.74) is 1.18. The Hall–Kier alpha value is -0.200. The minimum atomic E-state index is -0.491. The predicted octanol–water partition coefficient (Wildman–Crippen LogP) is 5.18. The average Bonchev–Trinajstić information content (AvgIpc) is 2.92. The van der Waals surface area contributed by atoms with Gasteiger partial charge in [0.15, 0.2) is 0 Å². The van der Waals surface area contributed by atoms with Crippen molar-refractivity contribution in [3.63, 3.8) is 0 Å². The fraction of sp³-hybridized carbons (Fsp3) is 0.167. The summed E-state index contributed by atoms with van der Waals surface area (Å²) in [6, 6.07) is 6.25. The molecule has 1 N–H and O–H groups in total. The number of aliphatic hydroxyl groups is 1. The molecule has 3 aromatic rings. The van der Waals surface area contributed by atoms with Gasteiger partial charge in [0.1, 0.15) is 6.10 Å². The standard InChI is InChI=1S/C12H9BrOS3/c1-6-4-9(17-12(6)13)11(14)10-5-8-7(16-10)2-3-15-8/h2-5,11,14H,1H3. The second-order valence-electron chi connectivity index (χ2n) is 3.81. The molecule has 88 valence electrons. The minimum absolute atomic E-state index is 0.491. The van der Waals surface area contributed by atoms with E-state index in [1.54, 1.807) is 34.0 Å². The van der Waals surface area contributed by atoms with Gasteiger partial charge in [-0.3, -0.25) is 0 Å². The SMILES string of the molecule is Cc1cc(C(O)c2cc3sccc3s2)sc1Br. The molecule has 0 saturated carbocycles. The molecule has 3 rings (SSSR count). The molecule has 0 radical (unpaired) electrons. The molecule has 17 heavy (non-hydrogen) atoms. The molecule has 1 unspecified atom stereocenters. The maximum Gasteiger partial charge on any atom is 0.122 e. The Labute approximate surface area is 119 Å². The maximum atomic E-state index is 10.4. The van der Waals surface area contributed by atoms with Gasteiger partial charge in [0.2, 0.25) is 0 Å². The molecule has 3 aromatic heterocycles. The van der Waals surface area contributed by atoms with Gasteiger partial charge in [0.05, 0.1) is 3.79 Å². The highest BCUT2D eigenvalue weighted by atomic mass is 79.9. The molecule has 0 fully saturated rings. The van der Waals surface area contributed by atoms with Gasteiger partial charge in [0, 0.05) is 19.2 Å². The van der Waals surface area contributed by atoms with Crippen molar-refractivity contribution in [1.82, 2.24) is 0 Å². The van der Waals surface area contributed by atoms with Gasteiger partial charge < -0.3 is 5.11 Å². The van der Waals surface area contributed by atoms with E-state index in [-0.39, 0.29) is 0 Å². The molecule has 5 heteroatoms. The fourth-order valence-corrected chi connectivity index (χ4v) is 5.45. The van der Waals surface area contributed by atoms with Crippen LogP contribution in [0, 0.1) is 6.92 Å². The summed E-state index contributed by atoms with van der Waals surface area (Å²) in [6.07, 6.45) is -0.491. The monoisotopic (exact) mass is 344 g/mol. The lowest BCUT2D eigenvalue weighted by atomic mass is 10.2. The molecular weight excluding hydrogens is 336 g/mol. The Morgan fingerprint density at radius 2 is 1.94 bits per heavy atom. The van der Waals surface area contributed by atoms with Crippen LogP contribution in [-0.2, 0) is 0 Å². The summed E-state index contributed by atoms with van der Waals surface area (Å²) in [7, 11) is 0. The van der Waals surface area contributed by atoms with E-state index in [1.165, 1.54) is 15.0 Å². The minimum Gasteiger partial charge on any atom is -0.382 e. The van der Waals surface area contributed by atoms with E-state index in [1.807, 2.05) is 13.0 Å². The van der Waals surface area contributed by atoms with Crippen LogP contribution in [0.2, 0.25) is 0 Å². The van der Waals surface area contributed by atoms with Crippen LogP contribution in [0.5, 0.6) is 0 Å². The molecule has 0 saturated heterocycles. The zero-order valence-corrected chi connectivity index (χ0v) is 13.0. The Bertz CT molecular complexity index is 616. The first-order valence-corrected chi connectivity index (χ1v) is 8.36. The second kappa shape index (κ2) is 4.48. The van der Waals surface area contributed by atoms with E-state index >= 15 is 0 Å². The van der Waals surface area contributed by atoms with Crippen LogP contribution in [0.3, 0.4) is 0 Å². The van der Waals surface area contributed by atoms with Crippen molar-refractivity contribution in [2.75, 3.05) is 0 Å². The van der Waals surface area contributed by atoms with Crippen molar-refractivity contribution in [2.45, 2.75) is 13.0 Å². The molecule has 1 atom stereocenters. The molecule has 0 amide bonds. The zero-order chi connectivity index (χ0) is 12.0. The Kier molecular flexibility index (Phi) is 3.13. The summed E-state index contributed by atoms with van der Waals surface area (Å²) in [6.45, 7) is 2.05. The summed E-state index contributed by atoms with van der Waals surface area (Å²) < 4.78 is 3.62. The highest BCUT2D eigenvalue weighted by molar-refractivity contribution is 9.11. The topological polar surface area (TPSA) is 20.2 Å². The van der Waals surface area contributed by atoms with Crippen molar-refractivity contribution in [3.05, 3.63) is 42.7 Å². The molecular formula is C12H9BrOS3. The smallest absolute Gasteiger partial charge is 0.122 e. The van der Waals surface area contributed by atoms with Gasteiger partial charge in [-0.15, -0.1) is 34.0 Å². The number of fused-ring (bicyclic) bond motifs is 1. The molecule has 0 aromatic carbocycles. The van der Waals surface area contributed by atoms with E-state index in [4.69, 9.17) is 0 Å². The maximum absolute atomic E-state index is 10.4. The molecule has 0 aliphatic heterocycles. The fourth-order valence-electron chi connectivity index (χ4n) is 1.68. The van der Waals surface area contributed by atoms with E-state index in [2.05, 4.69) is 33.4 Å². The van der Waals surface area contributed by atoms with Gasteiger partial charge in [-0.25, -0.2) is 0 Å². The molecule has 0 spiro atoms. The van der Waals surface area contributed by atoms with Crippen LogP contribution in [0.25, 0.3) is 9.40 Å². The molecule has 0 bridgehead atoms. The van der Waals surface area contributed by atoms with Gasteiger partial charge in [0.25, 0.3) is 0 Å². The zero-order valence-electron chi connectivity index (χ0n) is 8.94. The first kappa shape index (κ1) is 11.9. The summed E-state index contributed by atoms with van der Waals surface area (Å²) in [4.78, 5) is 2.03. The lowest BCUT2D eigenvalue weighted by Gasteiger charge is -2.04. The lowest BCUT2D eigenvalue weighted by Crippen LogP contribution is -1.92. The molecule has 0 aliphatic carbocycles. The second-order valence-corrected chi connectivity index (χ2v) is 8.27. The van der Waals surface area contributed by atoms with Crippen LogP contribution in [-0.4, -0.2) is 5.11 Å². The Morgan fingerprint density at radius 3 is 2.59 bits per heavy atom. The van der Waals surface area contributed by atoms with Crippen molar-refractivity contribution in [2.24, 2.45) is 0 Å². The van der Waals surface area contributed by atoms with Gasteiger partial charge in [-0.2, -0.15) is 0 Å². The Balaban J connectivity index is 2.01. The van der Waals surface area contributed by atoms with Gasteiger partial charge in [-0.1, -0.05) is 0 Å². The van der Waals surface area contributed by atoms with Crippen molar-refractivity contribution in [3.8, 4) is 0 Å². The van der Waals surface area contributed by atoms with E-state index in [0.29, 0.717) is 0 Å². The van der Waals surface area contributed by atoms with Crippen molar-refractivity contribution in [1.29, 1.82) is 0 Å². The van der Waals surface area contributed by atoms with E-state index in [0.717, 1.165) is 13.5 Å². The van der Waals surface area contributed by atoms with Crippen LogP contribution in [0.15, 0.2) is 27.4 Å². The van der Waals surface area contributed by atoms with Gasteiger partial charge in [-0.05, 0) is 52.0 Å². The average molecular weight is 345 g/mol. The first-order valence-electron chi connectivity index (χ1n) is 5.06. The van der Waals surface area contributed by atoms with Crippen LogP contribution in [0.4, 0.5) is 0 Å².